The number of methoxy groups -OCH3 is 2. The molecular formula is C40H44ClN7O6. The van der Waals surface area contributed by atoms with E-state index >= 15 is 0 Å². The van der Waals surface area contributed by atoms with E-state index in [9.17, 15) is 14.4 Å². The Morgan fingerprint density at radius 2 is 1.57 bits per heavy atom. The standard InChI is InChI=1S/C40H44ClN7O6/c1-52-37-30(7-4-8-31(37)38(51)47-34-14-9-23(19-44-34)18-42-21-25-10-15-35(49)45-25)27-5-3-6-29-28(27)12-13-33(29)54-40-32(41)17-24(39(48-40)53-2)20-43-22-26-11-16-36(50)46-26/h3-9,14,17,19,25-26,33,42-43H,10-13,15-16,18,20-22H2,1-2H3,(H,45,49)(H,46,50)(H,44,47,51)/t25?,26?,33-/m0/s1. The number of aromatic nitrogens is 2. The average molecular weight is 754 g/mol. The highest BCUT2D eigenvalue weighted by Crippen LogP contribution is 2.44. The predicted molar refractivity (Wildman–Crippen MR) is 204 cm³/mol. The van der Waals surface area contributed by atoms with Gasteiger partial charge in [0.25, 0.3) is 5.91 Å². The summed E-state index contributed by atoms with van der Waals surface area (Å²) in [6.07, 6.45) is 5.65. The second-order valence-corrected chi connectivity index (χ2v) is 14.1. The normalized spacial score (nSPS) is 18.9. The van der Waals surface area contributed by atoms with E-state index in [-0.39, 0.29) is 41.8 Å². The number of nitrogens with zero attached hydrogens (tertiary/aromatic N) is 2. The van der Waals surface area contributed by atoms with E-state index in [2.05, 4.69) is 36.6 Å². The van der Waals surface area contributed by atoms with Gasteiger partial charge in [0.1, 0.15) is 22.7 Å². The molecule has 3 amide bonds. The Balaban J connectivity index is 1.02. The molecule has 0 spiro atoms. The van der Waals surface area contributed by atoms with Crippen LogP contribution in [0.15, 0.2) is 60.8 Å². The molecule has 54 heavy (non-hydrogen) atoms. The van der Waals surface area contributed by atoms with Gasteiger partial charge in [-0.3, -0.25) is 14.4 Å². The van der Waals surface area contributed by atoms with E-state index in [1.54, 1.807) is 38.6 Å². The first-order chi connectivity index (χ1) is 26.3. The Hall–Kier alpha value is -5.24. The number of hydrogen-bond donors (Lipinski definition) is 5. The fourth-order valence-corrected chi connectivity index (χ4v) is 7.59. The maximum absolute atomic E-state index is 13.6. The summed E-state index contributed by atoms with van der Waals surface area (Å²) >= 11 is 6.71. The Morgan fingerprint density at radius 1 is 0.852 bits per heavy atom. The van der Waals surface area contributed by atoms with E-state index in [4.69, 9.17) is 25.8 Å². The highest BCUT2D eigenvalue weighted by Gasteiger charge is 2.30. The van der Waals surface area contributed by atoms with Gasteiger partial charge in [-0.05, 0) is 66.1 Å². The van der Waals surface area contributed by atoms with Crippen LogP contribution in [0.1, 0.15) is 70.8 Å². The second-order valence-electron chi connectivity index (χ2n) is 13.7. The number of anilines is 1. The highest BCUT2D eigenvalue weighted by molar-refractivity contribution is 6.31. The predicted octanol–water partition coefficient (Wildman–Crippen LogP) is 4.87. The summed E-state index contributed by atoms with van der Waals surface area (Å²) in [5.41, 5.74) is 6.00. The van der Waals surface area contributed by atoms with Gasteiger partial charge < -0.3 is 40.8 Å². The lowest BCUT2D eigenvalue weighted by atomic mass is 9.94. The van der Waals surface area contributed by atoms with Crippen LogP contribution >= 0.6 is 11.6 Å². The zero-order valence-corrected chi connectivity index (χ0v) is 31.1. The van der Waals surface area contributed by atoms with Crippen LogP contribution in [0.2, 0.25) is 5.02 Å². The fourth-order valence-electron chi connectivity index (χ4n) is 7.37. The van der Waals surface area contributed by atoms with Gasteiger partial charge in [0.15, 0.2) is 0 Å². The molecule has 3 atom stereocenters. The number of para-hydroxylation sites is 1. The summed E-state index contributed by atoms with van der Waals surface area (Å²) in [6.45, 7) is 2.40. The number of fused-ring (bicyclic) bond motifs is 1. The molecule has 0 bridgehead atoms. The summed E-state index contributed by atoms with van der Waals surface area (Å²) in [5.74, 6) is 1.43. The minimum Gasteiger partial charge on any atom is -0.495 e. The summed E-state index contributed by atoms with van der Waals surface area (Å²) in [5, 5.41) is 15.9. The average Bonchev–Trinajstić information content (AvgIpc) is 3.92. The number of rotatable bonds is 15. The first kappa shape index (κ1) is 37.1. The van der Waals surface area contributed by atoms with Crippen LogP contribution in [0.3, 0.4) is 0 Å². The van der Waals surface area contributed by atoms with Crippen molar-refractivity contribution in [1.82, 2.24) is 31.2 Å². The fraction of sp³-hybridized carbons (Fsp3) is 0.375. The quantitative estimate of drug-likeness (QED) is 0.113. The first-order valence-electron chi connectivity index (χ1n) is 18.2. The molecule has 2 fully saturated rings. The topological polar surface area (TPSA) is 165 Å². The van der Waals surface area contributed by atoms with E-state index in [1.807, 2.05) is 36.4 Å². The lowest BCUT2D eigenvalue weighted by Gasteiger charge is -2.19. The Morgan fingerprint density at radius 3 is 2.24 bits per heavy atom. The van der Waals surface area contributed by atoms with Crippen LogP contribution in [-0.4, -0.2) is 67.1 Å². The molecule has 2 aliphatic heterocycles. The zero-order valence-electron chi connectivity index (χ0n) is 30.3. The third kappa shape index (κ3) is 8.43. The molecule has 7 rings (SSSR count). The molecule has 0 radical (unpaired) electrons. The molecule has 5 N–H and O–H groups in total. The van der Waals surface area contributed by atoms with Crippen molar-refractivity contribution in [3.8, 4) is 28.6 Å². The monoisotopic (exact) mass is 753 g/mol. The maximum atomic E-state index is 13.6. The summed E-state index contributed by atoms with van der Waals surface area (Å²) in [6, 6.07) is 17.3. The van der Waals surface area contributed by atoms with Crippen molar-refractivity contribution in [2.24, 2.45) is 0 Å². The molecule has 1 aliphatic carbocycles. The van der Waals surface area contributed by atoms with E-state index in [1.165, 1.54) is 0 Å². The molecular weight excluding hydrogens is 710 g/mol. The van der Waals surface area contributed by atoms with Crippen LogP contribution in [0.5, 0.6) is 17.5 Å². The van der Waals surface area contributed by atoms with Crippen molar-refractivity contribution < 1.29 is 28.6 Å². The van der Waals surface area contributed by atoms with Crippen molar-refractivity contribution in [2.45, 2.75) is 69.8 Å². The van der Waals surface area contributed by atoms with Gasteiger partial charge in [-0.15, -0.1) is 0 Å². The van der Waals surface area contributed by atoms with Crippen LogP contribution in [0.4, 0.5) is 5.82 Å². The third-order valence-corrected chi connectivity index (χ3v) is 10.3. The summed E-state index contributed by atoms with van der Waals surface area (Å²) in [7, 11) is 3.13. The van der Waals surface area contributed by atoms with Gasteiger partial charge >= 0.3 is 0 Å². The first-order valence-corrected chi connectivity index (χ1v) is 18.6. The summed E-state index contributed by atoms with van der Waals surface area (Å²) in [4.78, 5) is 45.6. The molecule has 282 valence electrons. The van der Waals surface area contributed by atoms with Crippen LogP contribution in [0, 0.1) is 0 Å². The number of nitrogens with one attached hydrogen (secondary N) is 5. The van der Waals surface area contributed by atoms with Gasteiger partial charge in [0.05, 0.1) is 19.8 Å². The number of amides is 3. The minimum absolute atomic E-state index is 0.0801. The van der Waals surface area contributed by atoms with Crippen LogP contribution in [-0.2, 0) is 29.1 Å². The number of benzene rings is 2. The van der Waals surface area contributed by atoms with Crippen LogP contribution < -0.4 is 40.8 Å². The Kier molecular flexibility index (Phi) is 11.6. The van der Waals surface area contributed by atoms with Crippen LogP contribution in [0.25, 0.3) is 11.1 Å². The van der Waals surface area contributed by atoms with Gasteiger partial charge in [-0.1, -0.05) is 48.0 Å². The van der Waals surface area contributed by atoms with Crippen molar-refractivity contribution in [2.75, 3.05) is 32.6 Å². The lowest BCUT2D eigenvalue weighted by molar-refractivity contribution is -0.120. The van der Waals surface area contributed by atoms with Crippen molar-refractivity contribution in [3.63, 3.8) is 0 Å². The lowest BCUT2D eigenvalue weighted by Crippen LogP contribution is -2.35. The number of pyridine rings is 2. The molecule has 2 aromatic carbocycles. The molecule has 2 aromatic heterocycles. The maximum Gasteiger partial charge on any atom is 0.260 e. The van der Waals surface area contributed by atoms with Crippen molar-refractivity contribution in [3.05, 3.63) is 93.6 Å². The molecule has 4 aromatic rings. The molecule has 2 saturated heterocycles. The molecule has 13 nitrogen and oxygen atoms in total. The second kappa shape index (κ2) is 16.8. The molecule has 0 saturated carbocycles. The minimum atomic E-state index is -0.337. The van der Waals surface area contributed by atoms with E-state index < -0.39 is 0 Å². The smallest absolute Gasteiger partial charge is 0.260 e. The number of halogens is 1. The van der Waals surface area contributed by atoms with Crippen molar-refractivity contribution >= 4 is 35.1 Å². The Bertz CT molecular complexity index is 2030. The SMILES string of the molecule is COc1nc(O[C@H]2CCc3c(-c4cccc(C(=O)Nc5ccc(CNCC6CCC(=O)N6)cn5)c4OC)cccc32)c(Cl)cc1CNCC1CCC(=O)N1. The number of carbonyl (C=O) groups is 3. The Labute approximate surface area is 318 Å². The molecule has 2 unspecified atom stereocenters. The van der Waals surface area contributed by atoms with E-state index in [0.29, 0.717) is 73.5 Å². The number of ether oxygens (including phenoxy) is 3. The zero-order chi connectivity index (χ0) is 37.6. The summed E-state index contributed by atoms with van der Waals surface area (Å²) < 4.78 is 17.9. The largest absolute Gasteiger partial charge is 0.495 e. The third-order valence-electron chi connectivity index (χ3n) is 10.1. The molecule has 4 heterocycles. The molecule has 3 aliphatic rings. The van der Waals surface area contributed by atoms with Gasteiger partial charge in [-0.25, -0.2) is 4.98 Å². The van der Waals surface area contributed by atoms with Crippen molar-refractivity contribution in [1.29, 1.82) is 0 Å². The number of hydrogen-bond acceptors (Lipinski definition) is 10. The highest BCUT2D eigenvalue weighted by atomic mass is 35.5. The van der Waals surface area contributed by atoms with E-state index in [0.717, 1.165) is 52.6 Å². The molecule has 14 heteroatoms. The van der Waals surface area contributed by atoms with Gasteiger partial charge in [-0.2, -0.15) is 4.98 Å². The van der Waals surface area contributed by atoms with Gasteiger partial charge in [0, 0.05) is 68.4 Å². The van der Waals surface area contributed by atoms with Gasteiger partial charge in [0.2, 0.25) is 23.6 Å². The number of carbonyl (C=O) groups excluding carboxylic acids is 3.